The Bertz CT molecular complexity index is 3280. The fraction of sp³-hybridized carbons (Fsp3) is 0.0192. The summed E-state index contributed by atoms with van der Waals surface area (Å²) < 4.78 is 8.78. The van der Waals surface area contributed by atoms with Gasteiger partial charge in [-0.25, -0.2) is 4.98 Å². The first kappa shape index (κ1) is 31.7. The maximum absolute atomic E-state index is 6.58. The van der Waals surface area contributed by atoms with Gasteiger partial charge in [-0.15, -0.1) is 0 Å². The molecule has 11 aromatic rings. The van der Waals surface area contributed by atoms with Crippen LogP contribution >= 0.6 is 0 Å². The van der Waals surface area contributed by atoms with Crippen molar-refractivity contribution < 1.29 is 4.42 Å². The number of fused-ring (bicyclic) bond motifs is 9. The highest BCUT2D eigenvalue weighted by atomic mass is 16.3. The van der Waals surface area contributed by atoms with Gasteiger partial charge < -0.3 is 4.42 Å². The minimum absolute atomic E-state index is 0.559. The zero-order valence-electron chi connectivity index (χ0n) is 30.7. The van der Waals surface area contributed by atoms with E-state index in [-0.39, 0.29) is 0 Å². The van der Waals surface area contributed by atoms with E-state index in [1.54, 1.807) is 0 Å². The van der Waals surface area contributed by atoms with E-state index in [4.69, 9.17) is 19.4 Å². The molecule has 0 spiro atoms. The lowest BCUT2D eigenvalue weighted by molar-refractivity contribution is 0.659. The molecular weight excluding hydrogens is 697 g/mol. The Morgan fingerprint density at radius 2 is 0.982 bits per heavy atom. The Morgan fingerprint density at radius 1 is 0.404 bits per heavy atom. The Hall–Kier alpha value is -7.63. The largest absolute Gasteiger partial charge is 0.456 e. The summed E-state index contributed by atoms with van der Waals surface area (Å²) in [5.74, 6) is 1.80. The second-order valence-electron chi connectivity index (χ2n) is 14.7. The van der Waals surface area contributed by atoms with Crippen molar-refractivity contribution in [2.45, 2.75) is 5.41 Å². The topological polar surface area (TPSA) is 56.7 Å². The number of benzene rings is 8. The van der Waals surface area contributed by atoms with Gasteiger partial charge in [0.25, 0.3) is 0 Å². The van der Waals surface area contributed by atoms with Crippen LogP contribution in [0.25, 0.3) is 83.3 Å². The number of furan rings is 1. The summed E-state index contributed by atoms with van der Waals surface area (Å²) in [6, 6.07) is 68.2. The third-order valence-electron chi connectivity index (χ3n) is 11.7. The van der Waals surface area contributed by atoms with Crippen LogP contribution in [0.4, 0.5) is 0 Å². The molecule has 8 aromatic carbocycles. The van der Waals surface area contributed by atoms with E-state index in [1.165, 1.54) is 0 Å². The predicted octanol–water partition coefficient (Wildman–Crippen LogP) is 12.6. The van der Waals surface area contributed by atoms with Gasteiger partial charge in [0.2, 0.25) is 5.95 Å². The van der Waals surface area contributed by atoms with Crippen molar-refractivity contribution >= 4 is 43.7 Å². The van der Waals surface area contributed by atoms with Crippen LogP contribution in [-0.2, 0) is 5.41 Å². The quantitative estimate of drug-likeness (QED) is 0.177. The highest BCUT2D eigenvalue weighted by molar-refractivity contribution is 6.09. The normalized spacial score (nSPS) is 13.1. The molecule has 0 saturated carbocycles. The summed E-state index contributed by atoms with van der Waals surface area (Å²) in [5, 5.41) is 4.45. The van der Waals surface area contributed by atoms with Gasteiger partial charge in [-0.3, -0.25) is 4.57 Å². The van der Waals surface area contributed by atoms with Gasteiger partial charge in [-0.05, 0) is 69.3 Å². The van der Waals surface area contributed by atoms with E-state index in [0.29, 0.717) is 17.6 Å². The van der Waals surface area contributed by atoms with Crippen LogP contribution in [0.1, 0.15) is 22.5 Å². The van der Waals surface area contributed by atoms with Gasteiger partial charge in [-0.2, -0.15) is 9.97 Å². The van der Waals surface area contributed by atoms with E-state index in [9.17, 15) is 0 Å². The molecule has 3 heterocycles. The highest BCUT2D eigenvalue weighted by Crippen LogP contribution is 2.56. The number of aromatic nitrogens is 4. The fourth-order valence-corrected chi connectivity index (χ4v) is 9.24. The molecule has 0 unspecified atom stereocenters. The zero-order valence-corrected chi connectivity index (χ0v) is 30.7. The van der Waals surface area contributed by atoms with Gasteiger partial charge in [0.1, 0.15) is 16.6 Å². The number of hydrogen-bond acceptors (Lipinski definition) is 4. The van der Waals surface area contributed by atoms with E-state index < -0.39 is 5.41 Å². The molecule has 57 heavy (non-hydrogen) atoms. The molecule has 0 amide bonds. The lowest BCUT2D eigenvalue weighted by Gasteiger charge is -2.32. The van der Waals surface area contributed by atoms with E-state index in [2.05, 4.69) is 180 Å². The summed E-state index contributed by atoms with van der Waals surface area (Å²) in [5.41, 5.74) is 11.5. The Balaban J connectivity index is 1.22. The van der Waals surface area contributed by atoms with Crippen molar-refractivity contribution in [1.29, 1.82) is 0 Å². The highest BCUT2D eigenvalue weighted by Gasteiger charge is 2.49. The summed E-state index contributed by atoms with van der Waals surface area (Å²) in [6.45, 7) is 0. The maximum Gasteiger partial charge on any atom is 0.238 e. The predicted molar refractivity (Wildman–Crippen MR) is 230 cm³/mol. The van der Waals surface area contributed by atoms with E-state index in [1.807, 2.05) is 18.2 Å². The number of nitrogens with zero attached hydrogens (tertiary/aromatic N) is 4. The Labute approximate surface area is 328 Å². The minimum atomic E-state index is -0.914. The Morgan fingerprint density at radius 3 is 1.72 bits per heavy atom. The third-order valence-corrected chi connectivity index (χ3v) is 11.7. The molecule has 266 valence electrons. The zero-order chi connectivity index (χ0) is 37.5. The molecule has 0 aliphatic heterocycles. The summed E-state index contributed by atoms with van der Waals surface area (Å²) in [7, 11) is 0. The average Bonchev–Trinajstić information content (AvgIpc) is 3.93. The third kappa shape index (κ3) is 4.60. The lowest BCUT2D eigenvalue weighted by atomic mass is 9.71. The molecule has 0 fully saturated rings. The van der Waals surface area contributed by atoms with Crippen molar-refractivity contribution in [1.82, 2.24) is 19.5 Å². The summed E-state index contributed by atoms with van der Waals surface area (Å²) in [4.78, 5) is 16.6. The van der Waals surface area contributed by atoms with E-state index >= 15 is 0 Å². The maximum atomic E-state index is 6.58. The molecule has 5 heteroatoms. The van der Waals surface area contributed by atoms with Gasteiger partial charge >= 0.3 is 0 Å². The molecule has 0 saturated heterocycles. The van der Waals surface area contributed by atoms with Crippen LogP contribution in [0.15, 0.2) is 199 Å². The number of rotatable bonds is 5. The Kier molecular flexibility index (Phi) is 6.78. The van der Waals surface area contributed by atoms with Crippen molar-refractivity contribution in [3.05, 3.63) is 217 Å². The van der Waals surface area contributed by atoms with Gasteiger partial charge in [0, 0.05) is 27.1 Å². The summed E-state index contributed by atoms with van der Waals surface area (Å²) >= 11 is 0. The monoisotopic (exact) mass is 728 g/mol. The molecule has 0 radical (unpaired) electrons. The molecule has 0 N–H and O–H groups in total. The second-order valence-corrected chi connectivity index (χ2v) is 14.7. The number of hydrogen-bond donors (Lipinski definition) is 0. The van der Waals surface area contributed by atoms with Crippen molar-refractivity contribution in [2.24, 2.45) is 0 Å². The molecular formula is C52H32N4O. The SMILES string of the molecule is c1ccc(-c2cccc(-c3nc(-n4c5ccccc5c5ccccc54)nc(C4(c5ccc6c(c5)oc5ccccc56)c5ccccc5-c5ccccc54)n3)c2)cc1. The fourth-order valence-electron chi connectivity index (χ4n) is 9.24. The molecule has 3 aromatic heterocycles. The average molecular weight is 729 g/mol. The second kappa shape index (κ2) is 12.2. The molecule has 12 rings (SSSR count). The summed E-state index contributed by atoms with van der Waals surface area (Å²) in [6.07, 6.45) is 0. The van der Waals surface area contributed by atoms with Crippen LogP contribution in [0.5, 0.6) is 0 Å². The lowest BCUT2D eigenvalue weighted by Crippen LogP contribution is -2.32. The van der Waals surface area contributed by atoms with Crippen LogP contribution in [0, 0.1) is 0 Å². The van der Waals surface area contributed by atoms with Crippen LogP contribution in [0.3, 0.4) is 0 Å². The van der Waals surface area contributed by atoms with Crippen LogP contribution in [-0.4, -0.2) is 19.5 Å². The van der Waals surface area contributed by atoms with Crippen LogP contribution in [0.2, 0.25) is 0 Å². The van der Waals surface area contributed by atoms with E-state index in [0.717, 1.165) is 88.3 Å². The van der Waals surface area contributed by atoms with Gasteiger partial charge in [0.15, 0.2) is 11.6 Å². The first-order valence-electron chi connectivity index (χ1n) is 19.3. The first-order valence-corrected chi connectivity index (χ1v) is 19.3. The van der Waals surface area contributed by atoms with Crippen molar-refractivity contribution in [3.8, 4) is 39.6 Å². The van der Waals surface area contributed by atoms with Gasteiger partial charge in [-0.1, -0.05) is 164 Å². The molecule has 5 nitrogen and oxygen atoms in total. The molecule has 1 aliphatic rings. The molecule has 1 aliphatic carbocycles. The van der Waals surface area contributed by atoms with Gasteiger partial charge in [0.05, 0.1) is 11.0 Å². The minimum Gasteiger partial charge on any atom is -0.456 e. The van der Waals surface area contributed by atoms with Crippen molar-refractivity contribution in [2.75, 3.05) is 0 Å². The van der Waals surface area contributed by atoms with Crippen molar-refractivity contribution in [3.63, 3.8) is 0 Å². The molecule has 0 bridgehead atoms. The first-order chi connectivity index (χ1) is 28.3. The number of para-hydroxylation sites is 3. The van der Waals surface area contributed by atoms with Crippen LogP contribution < -0.4 is 0 Å². The molecule has 0 atom stereocenters. The smallest absolute Gasteiger partial charge is 0.238 e. The standard InChI is InChI=1S/C52H32N4O/c1-2-15-33(16-3-1)34-17-14-18-35(31-34)49-53-50(55-51(54-49)56-45-26-11-6-21-39(45)40-22-7-12-27-46(40)56)52(43-24-9-4-19-37(43)38-20-5-10-25-44(38)52)36-29-30-42-41-23-8-13-28-47(41)57-48(42)32-36/h1-32H.